The second-order valence-electron chi connectivity index (χ2n) is 6.47. The van der Waals surface area contributed by atoms with Crippen LogP contribution in [0.3, 0.4) is 0 Å². The molecule has 0 aliphatic carbocycles. The molecule has 0 aromatic heterocycles. The first kappa shape index (κ1) is 16.1. The average Bonchev–Trinajstić information content (AvgIpc) is 2.48. The molecule has 2 fully saturated rings. The Morgan fingerprint density at radius 1 is 1.36 bits per heavy atom. The molecule has 0 spiro atoms. The highest BCUT2D eigenvalue weighted by Gasteiger charge is 2.28. The Labute approximate surface area is 141 Å². The van der Waals surface area contributed by atoms with Crippen LogP contribution in [0.2, 0.25) is 0 Å². The Balaban J connectivity index is 1.80. The summed E-state index contributed by atoms with van der Waals surface area (Å²) < 4.78 is 12.9. The lowest BCUT2D eigenvalue weighted by Crippen LogP contribution is -2.51. The van der Waals surface area contributed by atoms with Gasteiger partial charge in [0.25, 0.3) is 0 Å². The standard InChI is InChI=1S/C17H25BrN2O2/c1-20-10-15(11-20)22-17-13(6-12-4-3-5-19-9-12)7-14(18)8-16(17)21-2/h7-8,12,15,19H,3-6,9-11H2,1-2H3. The van der Waals surface area contributed by atoms with Crippen LogP contribution in [-0.4, -0.2) is 51.3 Å². The quantitative estimate of drug-likeness (QED) is 0.866. The van der Waals surface area contributed by atoms with Gasteiger partial charge in [-0.1, -0.05) is 15.9 Å². The monoisotopic (exact) mass is 368 g/mol. The highest BCUT2D eigenvalue weighted by atomic mass is 79.9. The molecule has 0 bridgehead atoms. The molecule has 1 atom stereocenters. The zero-order valence-corrected chi connectivity index (χ0v) is 15.0. The number of likely N-dealkylation sites (tertiary alicyclic amines) is 1. The van der Waals surface area contributed by atoms with E-state index >= 15 is 0 Å². The first-order chi connectivity index (χ1) is 10.7. The number of hydrogen-bond donors (Lipinski definition) is 1. The number of piperidine rings is 1. The molecule has 4 nitrogen and oxygen atoms in total. The lowest BCUT2D eigenvalue weighted by atomic mass is 9.92. The molecule has 2 aliphatic rings. The number of benzene rings is 1. The summed E-state index contributed by atoms with van der Waals surface area (Å²) in [6, 6.07) is 4.19. The normalized spacial score (nSPS) is 23.1. The minimum atomic E-state index is 0.281. The summed E-state index contributed by atoms with van der Waals surface area (Å²) in [4.78, 5) is 2.26. The number of likely N-dealkylation sites (N-methyl/N-ethyl adjacent to an activating group) is 1. The molecule has 0 radical (unpaired) electrons. The molecule has 1 unspecified atom stereocenters. The van der Waals surface area contributed by atoms with Gasteiger partial charge >= 0.3 is 0 Å². The van der Waals surface area contributed by atoms with Crippen molar-refractivity contribution >= 4 is 15.9 Å². The van der Waals surface area contributed by atoms with Gasteiger partial charge in [-0.15, -0.1) is 0 Å². The van der Waals surface area contributed by atoms with Crippen molar-refractivity contribution in [3.05, 3.63) is 22.2 Å². The zero-order chi connectivity index (χ0) is 15.5. The van der Waals surface area contributed by atoms with Crippen LogP contribution in [0.15, 0.2) is 16.6 Å². The average molecular weight is 369 g/mol. The van der Waals surface area contributed by atoms with Gasteiger partial charge in [0.2, 0.25) is 0 Å². The molecule has 2 saturated heterocycles. The van der Waals surface area contributed by atoms with E-state index in [9.17, 15) is 0 Å². The largest absolute Gasteiger partial charge is 0.493 e. The molecule has 3 rings (SSSR count). The predicted octanol–water partition coefficient (Wildman–Crippen LogP) is 2.69. The van der Waals surface area contributed by atoms with E-state index in [1.165, 1.54) is 18.4 Å². The Morgan fingerprint density at radius 2 is 2.18 bits per heavy atom. The van der Waals surface area contributed by atoms with Crippen molar-refractivity contribution in [3.63, 3.8) is 0 Å². The van der Waals surface area contributed by atoms with Gasteiger partial charge < -0.3 is 14.8 Å². The minimum absolute atomic E-state index is 0.281. The molecule has 5 heteroatoms. The maximum Gasteiger partial charge on any atom is 0.164 e. The van der Waals surface area contributed by atoms with Gasteiger partial charge in [0.15, 0.2) is 11.5 Å². The third-order valence-electron chi connectivity index (χ3n) is 4.54. The summed E-state index contributed by atoms with van der Waals surface area (Å²) in [7, 11) is 3.83. The second-order valence-corrected chi connectivity index (χ2v) is 7.39. The van der Waals surface area contributed by atoms with E-state index in [0.717, 1.165) is 48.6 Å². The van der Waals surface area contributed by atoms with E-state index in [-0.39, 0.29) is 6.10 Å². The van der Waals surface area contributed by atoms with Crippen molar-refractivity contribution in [2.45, 2.75) is 25.4 Å². The number of nitrogens with one attached hydrogen (secondary N) is 1. The van der Waals surface area contributed by atoms with Gasteiger partial charge in [-0.25, -0.2) is 0 Å². The van der Waals surface area contributed by atoms with E-state index in [1.54, 1.807) is 7.11 Å². The van der Waals surface area contributed by atoms with Crippen molar-refractivity contribution in [1.29, 1.82) is 0 Å². The number of methoxy groups -OCH3 is 1. The highest BCUT2D eigenvalue weighted by molar-refractivity contribution is 9.10. The van der Waals surface area contributed by atoms with Crippen LogP contribution in [0.1, 0.15) is 18.4 Å². The summed E-state index contributed by atoms with van der Waals surface area (Å²) >= 11 is 3.60. The van der Waals surface area contributed by atoms with Gasteiger partial charge in [0.1, 0.15) is 6.10 Å². The van der Waals surface area contributed by atoms with Crippen LogP contribution in [0.25, 0.3) is 0 Å². The van der Waals surface area contributed by atoms with Crippen molar-refractivity contribution in [2.24, 2.45) is 5.92 Å². The molecule has 2 aliphatic heterocycles. The van der Waals surface area contributed by atoms with E-state index in [1.807, 2.05) is 6.07 Å². The molecule has 1 N–H and O–H groups in total. The van der Waals surface area contributed by atoms with Crippen molar-refractivity contribution in [3.8, 4) is 11.5 Å². The van der Waals surface area contributed by atoms with E-state index in [0.29, 0.717) is 5.92 Å². The van der Waals surface area contributed by atoms with Crippen LogP contribution >= 0.6 is 15.9 Å². The number of hydrogen-bond acceptors (Lipinski definition) is 4. The summed E-state index contributed by atoms with van der Waals surface area (Å²) in [6.07, 6.45) is 3.87. The number of ether oxygens (including phenoxy) is 2. The fourth-order valence-electron chi connectivity index (χ4n) is 3.35. The Kier molecular flexibility index (Phi) is 5.26. The number of halogens is 1. The summed E-state index contributed by atoms with van der Waals surface area (Å²) in [5.41, 5.74) is 1.26. The number of rotatable bonds is 5. The van der Waals surface area contributed by atoms with E-state index in [2.05, 4.69) is 39.3 Å². The Hall–Kier alpha value is -0.780. The van der Waals surface area contributed by atoms with Crippen LogP contribution in [0, 0.1) is 5.92 Å². The molecule has 1 aromatic rings. The zero-order valence-electron chi connectivity index (χ0n) is 13.4. The summed E-state index contributed by atoms with van der Waals surface area (Å²) in [6.45, 7) is 4.23. The Bertz CT molecular complexity index is 512. The third kappa shape index (κ3) is 3.76. The maximum atomic E-state index is 6.26. The van der Waals surface area contributed by atoms with Crippen molar-refractivity contribution < 1.29 is 9.47 Å². The van der Waals surface area contributed by atoms with Crippen LogP contribution in [0.4, 0.5) is 0 Å². The lowest BCUT2D eigenvalue weighted by molar-refractivity contribution is 0.0360. The van der Waals surface area contributed by atoms with Crippen molar-refractivity contribution in [1.82, 2.24) is 10.2 Å². The predicted molar refractivity (Wildman–Crippen MR) is 91.9 cm³/mol. The molecular formula is C17H25BrN2O2. The first-order valence-electron chi connectivity index (χ1n) is 8.08. The van der Waals surface area contributed by atoms with Gasteiger partial charge in [-0.05, 0) is 63.0 Å². The molecule has 0 saturated carbocycles. The highest BCUT2D eigenvalue weighted by Crippen LogP contribution is 2.38. The fourth-order valence-corrected chi connectivity index (χ4v) is 3.84. The van der Waals surface area contributed by atoms with Crippen LogP contribution in [0.5, 0.6) is 11.5 Å². The molecule has 122 valence electrons. The van der Waals surface area contributed by atoms with Crippen LogP contribution < -0.4 is 14.8 Å². The van der Waals surface area contributed by atoms with Gasteiger partial charge in [0, 0.05) is 17.6 Å². The van der Waals surface area contributed by atoms with Crippen molar-refractivity contribution in [2.75, 3.05) is 40.3 Å². The van der Waals surface area contributed by atoms with Gasteiger partial charge in [0.05, 0.1) is 7.11 Å². The maximum absolute atomic E-state index is 6.26. The lowest BCUT2D eigenvalue weighted by Gasteiger charge is -2.37. The fraction of sp³-hybridized carbons (Fsp3) is 0.647. The second kappa shape index (κ2) is 7.20. The van der Waals surface area contributed by atoms with E-state index in [4.69, 9.17) is 9.47 Å². The number of nitrogens with zero attached hydrogens (tertiary/aromatic N) is 1. The Morgan fingerprint density at radius 3 is 2.82 bits per heavy atom. The molecule has 22 heavy (non-hydrogen) atoms. The van der Waals surface area contributed by atoms with Crippen LogP contribution in [-0.2, 0) is 6.42 Å². The smallest absolute Gasteiger partial charge is 0.164 e. The SMILES string of the molecule is COc1cc(Br)cc(CC2CCCNC2)c1OC1CN(C)C1. The van der Waals surface area contributed by atoms with E-state index < -0.39 is 0 Å². The van der Waals surface area contributed by atoms with Gasteiger partial charge in [-0.3, -0.25) is 4.90 Å². The summed E-state index contributed by atoms with van der Waals surface area (Å²) in [5, 5.41) is 3.50. The first-order valence-corrected chi connectivity index (χ1v) is 8.87. The molecule has 1 aromatic carbocycles. The molecule has 2 heterocycles. The minimum Gasteiger partial charge on any atom is -0.493 e. The summed E-state index contributed by atoms with van der Waals surface area (Å²) in [5.74, 6) is 2.45. The topological polar surface area (TPSA) is 33.7 Å². The molecular weight excluding hydrogens is 344 g/mol. The molecule has 0 amide bonds. The third-order valence-corrected chi connectivity index (χ3v) is 5.00. The van der Waals surface area contributed by atoms with Gasteiger partial charge in [-0.2, -0.15) is 0 Å².